The fourth-order valence-electron chi connectivity index (χ4n) is 2.93. The summed E-state index contributed by atoms with van der Waals surface area (Å²) in [5.74, 6) is 0.884. The van der Waals surface area contributed by atoms with Crippen molar-refractivity contribution in [2.45, 2.75) is 40.3 Å². The van der Waals surface area contributed by atoms with E-state index in [0.717, 1.165) is 30.7 Å². The molecule has 1 aliphatic heterocycles. The fourth-order valence-corrected chi connectivity index (χ4v) is 7.01. The molecule has 1 saturated heterocycles. The van der Waals surface area contributed by atoms with Crippen LogP contribution in [0.3, 0.4) is 0 Å². The molecule has 21 heavy (non-hydrogen) atoms. The van der Waals surface area contributed by atoms with Crippen molar-refractivity contribution in [2.75, 3.05) is 13.7 Å². The van der Waals surface area contributed by atoms with Crippen LogP contribution in [0, 0.1) is 0 Å². The molecule has 0 N–H and O–H groups in total. The van der Waals surface area contributed by atoms with Crippen molar-refractivity contribution in [3.8, 4) is 5.75 Å². The summed E-state index contributed by atoms with van der Waals surface area (Å²) in [6, 6.07) is 6.30. The number of rotatable bonds is 3. The minimum atomic E-state index is -2.27. The van der Waals surface area contributed by atoms with Gasteiger partial charge in [0.15, 0.2) is 0 Å². The topological polar surface area (TPSA) is 36.3 Å². The summed E-state index contributed by atoms with van der Waals surface area (Å²) >= 11 is -2.27. The Morgan fingerprint density at radius 1 is 1.29 bits per heavy atom. The first-order valence-electron chi connectivity index (χ1n) is 7.69. The SMILES string of the molecule is COc1ccc2[c]([Sn]([CH3])([CH3])[CH3])nn(C3CCCCO3)c2c1. The van der Waals surface area contributed by atoms with E-state index in [0.29, 0.717) is 0 Å². The van der Waals surface area contributed by atoms with E-state index in [1.807, 2.05) is 6.07 Å². The van der Waals surface area contributed by atoms with Crippen molar-refractivity contribution in [1.29, 1.82) is 0 Å². The fraction of sp³-hybridized carbons (Fsp3) is 0.562. The second kappa shape index (κ2) is 5.80. The summed E-state index contributed by atoms with van der Waals surface area (Å²) in [5, 5.41) is 6.27. The Balaban J connectivity index is 2.17. The van der Waals surface area contributed by atoms with E-state index in [2.05, 4.69) is 31.6 Å². The molecule has 1 fully saturated rings. The van der Waals surface area contributed by atoms with Gasteiger partial charge in [0.05, 0.1) is 0 Å². The van der Waals surface area contributed by atoms with Crippen LogP contribution in [0.2, 0.25) is 14.8 Å². The molecule has 1 aromatic heterocycles. The van der Waals surface area contributed by atoms with E-state index in [4.69, 9.17) is 14.6 Å². The van der Waals surface area contributed by atoms with Gasteiger partial charge in [-0.05, 0) is 0 Å². The van der Waals surface area contributed by atoms with Gasteiger partial charge < -0.3 is 0 Å². The summed E-state index contributed by atoms with van der Waals surface area (Å²) in [4.78, 5) is 7.23. The zero-order valence-corrected chi connectivity index (χ0v) is 16.2. The number of hydrogen-bond donors (Lipinski definition) is 0. The minimum absolute atomic E-state index is 0.0794. The van der Waals surface area contributed by atoms with Crippen LogP contribution >= 0.6 is 0 Å². The molecule has 0 radical (unpaired) electrons. The summed E-state index contributed by atoms with van der Waals surface area (Å²) in [7, 11) is 1.71. The molecule has 0 saturated carbocycles. The standard InChI is InChI=1S/C13H15N2O2.3CH3.Sn/c1-16-11-6-5-10-9-14-15(12(10)8-11)13-4-2-3-7-17-13;;;;/h5-6,8,13H,2-4,7H2,1H3;3*1H3;. The zero-order chi connectivity index (χ0) is 15.0. The van der Waals surface area contributed by atoms with Crippen LogP contribution in [0.15, 0.2) is 18.2 Å². The predicted octanol–water partition coefficient (Wildman–Crippen LogP) is 3.29. The van der Waals surface area contributed by atoms with Crippen molar-refractivity contribution >= 4 is 33.0 Å². The normalized spacial score (nSPS) is 19.9. The molecule has 1 unspecified atom stereocenters. The van der Waals surface area contributed by atoms with Gasteiger partial charge in [0.1, 0.15) is 0 Å². The third-order valence-corrected chi connectivity index (χ3v) is 9.16. The summed E-state index contributed by atoms with van der Waals surface area (Å²) in [6.45, 7) is 0.837. The maximum atomic E-state index is 5.95. The number of benzene rings is 1. The number of nitrogens with zero attached hydrogens (tertiary/aromatic N) is 2. The molecule has 0 spiro atoms. The number of methoxy groups -OCH3 is 1. The van der Waals surface area contributed by atoms with Crippen LogP contribution in [-0.2, 0) is 4.74 Å². The second-order valence-corrected chi connectivity index (χ2v) is 20.9. The first-order chi connectivity index (χ1) is 10.0. The Kier molecular flexibility index (Phi) is 4.18. The molecule has 1 aliphatic rings. The molecule has 2 aromatic rings. The van der Waals surface area contributed by atoms with Crippen LogP contribution in [0.5, 0.6) is 5.75 Å². The number of hydrogen-bond acceptors (Lipinski definition) is 3. The Hall–Kier alpha value is -0.751. The molecule has 114 valence electrons. The van der Waals surface area contributed by atoms with Gasteiger partial charge in [-0.3, -0.25) is 0 Å². The van der Waals surface area contributed by atoms with Crippen LogP contribution in [0.4, 0.5) is 0 Å². The van der Waals surface area contributed by atoms with Crippen molar-refractivity contribution in [1.82, 2.24) is 9.78 Å². The van der Waals surface area contributed by atoms with Crippen molar-refractivity contribution in [3.05, 3.63) is 18.2 Å². The Morgan fingerprint density at radius 2 is 2.10 bits per heavy atom. The first-order valence-corrected chi connectivity index (χ1v) is 17.7. The van der Waals surface area contributed by atoms with Crippen LogP contribution in [0.1, 0.15) is 25.5 Å². The van der Waals surface area contributed by atoms with Gasteiger partial charge in [-0.15, -0.1) is 0 Å². The molecule has 4 nitrogen and oxygen atoms in total. The van der Waals surface area contributed by atoms with Gasteiger partial charge in [0.25, 0.3) is 0 Å². The van der Waals surface area contributed by atoms with Gasteiger partial charge in [0.2, 0.25) is 0 Å². The first kappa shape index (κ1) is 15.2. The molecule has 3 rings (SSSR count). The van der Waals surface area contributed by atoms with Crippen molar-refractivity contribution < 1.29 is 9.47 Å². The zero-order valence-electron chi connectivity index (χ0n) is 13.3. The molecular formula is C16H24N2O2Sn. The quantitative estimate of drug-likeness (QED) is 0.749. The van der Waals surface area contributed by atoms with E-state index >= 15 is 0 Å². The summed E-state index contributed by atoms with van der Waals surface area (Å²) < 4.78 is 14.8. The Morgan fingerprint density at radius 3 is 2.71 bits per heavy atom. The number of aromatic nitrogens is 2. The molecule has 0 aliphatic carbocycles. The number of fused-ring (bicyclic) bond motifs is 1. The molecule has 1 atom stereocenters. The van der Waals surface area contributed by atoms with Crippen molar-refractivity contribution in [2.24, 2.45) is 0 Å². The average molecular weight is 395 g/mol. The Bertz CT molecular complexity index is 639. The van der Waals surface area contributed by atoms with Gasteiger partial charge >= 0.3 is 130 Å². The molecule has 0 amide bonds. The molecule has 2 heterocycles. The van der Waals surface area contributed by atoms with Gasteiger partial charge in [-0.25, -0.2) is 0 Å². The van der Waals surface area contributed by atoms with Gasteiger partial charge in [-0.1, -0.05) is 0 Å². The number of ether oxygens (including phenoxy) is 2. The van der Waals surface area contributed by atoms with Gasteiger partial charge in [0, 0.05) is 0 Å². The molecule has 5 heteroatoms. The predicted molar refractivity (Wildman–Crippen MR) is 88.1 cm³/mol. The van der Waals surface area contributed by atoms with E-state index < -0.39 is 18.4 Å². The maximum absolute atomic E-state index is 5.95. The van der Waals surface area contributed by atoms with E-state index in [1.54, 1.807) is 7.11 Å². The van der Waals surface area contributed by atoms with E-state index in [9.17, 15) is 0 Å². The Labute approximate surface area is 130 Å². The third kappa shape index (κ3) is 2.92. The molecule has 1 aromatic carbocycles. The summed E-state index contributed by atoms with van der Waals surface area (Å²) in [5.41, 5.74) is 1.16. The van der Waals surface area contributed by atoms with E-state index in [-0.39, 0.29) is 6.23 Å². The average Bonchev–Trinajstić information content (AvgIpc) is 2.86. The monoisotopic (exact) mass is 396 g/mol. The van der Waals surface area contributed by atoms with Gasteiger partial charge in [-0.2, -0.15) is 0 Å². The van der Waals surface area contributed by atoms with Crippen molar-refractivity contribution in [3.63, 3.8) is 0 Å². The summed E-state index contributed by atoms with van der Waals surface area (Å²) in [6.07, 6.45) is 3.50. The third-order valence-electron chi connectivity index (χ3n) is 4.05. The second-order valence-electron chi connectivity index (χ2n) is 6.75. The molecular weight excluding hydrogens is 371 g/mol. The molecule has 0 bridgehead atoms. The van der Waals surface area contributed by atoms with E-state index in [1.165, 1.54) is 15.5 Å². The van der Waals surface area contributed by atoms with Crippen LogP contribution in [0.25, 0.3) is 10.9 Å². The van der Waals surface area contributed by atoms with Crippen LogP contribution < -0.4 is 8.45 Å². The van der Waals surface area contributed by atoms with Crippen LogP contribution in [-0.4, -0.2) is 41.9 Å².